The number of hydrogen-bond acceptors (Lipinski definition) is 14. The van der Waals surface area contributed by atoms with Crippen molar-refractivity contribution in [3.05, 3.63) is 70.8 Å². The largest absolute Gasteiger partial charge is 2.00 e. The van der Waals surface area contributed by atoms with E-state index in [-0.39, 0.29) is 99.3 Å². The molecule has 2 aromatic rings. The topological polar surface area (TPSA) is 220 Å². The Morgan fingerprint density at radius 3 is 0.836 bits per heavy atom. The first-order valence-electron chi connectivity index (χ1n) is 24.3. The third-order valence-electron chi connectivity index (χ3n) is 11.2. The first-order valence-corrected chi connectivity index (χ1v) is 27.2. The molecule has 67 heavy (non-hydrogen) atoms. The maximum atomic E-state index is 12.4. The molecule has 0 heterocycles. The summed E-state index contributed by atoms with van der Waals surface area (Å²) < 4.78 is 86.3. The van der Waals surface area contributed by atoms with E-state index in [1.54, 1.807) is 24.3 Å². The van der Waals surface area contributed by atoms with Crippen molar-refractivity contribution in [1.29, 1.82) is 0 Å². The molecule has 0 radical (unpaired) electrons. The Balaban J connectivity index is 0.00000128. The van der Waals surface area contributed by atoms with E-state index in [1.807, 2.05) is 0 Å². The van der Waals surface area contributed by atoms with Gasteiger partial charge in [0.1, 0.15) is 0 Å². The van der Waals surface area contributed by atoms with E-state index in [0.29, 0.717) is 0 Å². The van der Waals surface area contributed by atoms with E-state index in [9.17, 15) is 45.1 Å². The molecule has 2 aromatic carbocycles. The van der Waals surface area contributed by atoms with Gasteiger partial charge in [-0.25, -0.2) is 36.0 Å². The van der Waals surface area contributed by atoms with Gasteiger partial charge in [-0.2, -0.15) is 0 Å². The van der Waals surface area contributed by atoms with E-state index in [0.717, 1.165) is 38.5 Å². The summed E-state index contributed by atoms with van der Waals surface area (Å²) in [5, 5.41) is -2.31. The van der Waals surface area contributed by atoms with Crippen LogP contribution in [0.3, 0.4) is 0 Å². The fraction of sp³-hybridized carbons (Fsp3) is 0.680. The van der Waals surface area contributed by atoms with Crippen molar-refractivity contribution in [2.45, 2.75) is 192 Å². The van der Waals surface area contributed by atoms with Crippen LogP contribution in [0.4, 0.5) is 0 Å². The predicted octanol–water partition coefficient (Wildman–Crippen LogP) is 10.9. The Kier molecular flexibility index (Phi) is 37.6. The van der Waals surface area contributed by atoms with Crippen molar-refractivity contribution in [2.24, 2.45) is 0 Å². The van der Waals surface area contributed by atoms with Gasteiger partial charge in [0, 0.05) is 10.5 Å². The van der Waals surface area contributed by atoms with Crippen LogP contribution in [0.2, 0.25) is 0 Å². The summed E-state index contributed by atoms with van der Waals surface area (Å²) in [6.07, 6.45) is 26.2. The second-order valence-electron chi connectivity index (χ2n) is 16.9. The number of esters is 4. The van der Waals surface area contributed by atoms with E-state index in [1.165, 1.54) is 141 Å². The molecule has 0 saturated heterocycles. The minimum atomic E-state index is -4.43. The number of carbonyl (C=O) groups excluding carboxylic acids is 4. The molecule has 376 valence electrons. The zero-order valence-corrected chi connectivity index (χ0v) is 44.7. The van der Waals surface area contributed by atoms with Crippen LogP contribution in [-0.2, 0) is 39.2 Å². The molecule has 0 N–H and O–H groups in total. The van der Waals surface area contributed by atoms with Gasteiger partial charge in [0.2, 0.25) is 0 Å². The van der Waals surface area contributed by atoms with Crippen molar-refractivity contribution >= 4 is 81.9 Å². The number of ether oxygens (including phenoxy) is 4. The molecule has 0 aliphatic rings. The average molecular weight is 1010 g/mol. The summed E-state index contributed by atoms with van der Waals surface area (Å²) >= 11 is 0. The molecule has 0 amide bonds. The van der Waals surface area contributed by atoms with Crippen molar-refractivity contribution in [2.75, 3.05) is 26.4 Å². The molecule has 0 aliphatic carbocycles. The van der Waals surface area contributed by atoms with Crippen molar-refractivity contribution in [1.82, 2.24) is 0 Å². The van der Waals surface area contributed by atoms with Crippen LogP contribution in [0.1, 0.15) is 223 Å². The van der Waals surface area contributed by atoms with Gasteiger partial charge in [0.15, 0.2) is 0 Å². The molecule has 0 spiro atoms. The van der Waals surface area contributed by atoms with Crippen LogP contribution in [0.5, 0.6) is 0 Å². The zero-order valence-electron chi connectivity index (χ0n) is 40.8. The fourth-order valence-corrected chi connectivity index (χ4v) is 7.55. The summed E-state index contributed by atoms with van der Waals surface area (Å²) in [5.74, 6) is -2.70. The Bertz CT molecular complexity index is 1750. The maximum Gasteiger partial charge on any atom is 2.00 e. The van der Waals surface area contributed by atoms with E-state index in [2.05, 4.69) is 13.8 Å². The van der Waals surface area contributed by atoms with Crippen molar-refractivity contribution in [3.8, 4) is 0 Å². The van der Waals surface area contributed by atoms with Gasteiger partial charge in [-0.05, 0) is 63.8 Å². The first-order chi connectivity index (χ1) is 31.5. The number of unbranched alkanes of at least 4 members (excludes halogenated alkanes) is 20. The number of benzene rings is 2. The molecule has 2 atom stereocenters. The number of rotatable bonds is 36. The molecule has 17 heteroatoms. The molecule has 0 fully saturated rings. The van der Waals surface area contributed by atoms with Crippen LogP contribution in [0.25, 0.3) is 0 Å². The van der Waals surface area contributed by atoms with E-state index < -0.39 is 54.6 Å². The quantitative estimate of drug-likeness (QED) is 0.0204. The first kappa shape index (κ1) is 64.4. The molecule has 2 unspecified atom stereocenters. The minimum absolute atomic E-state index is 0. The maximum absolute atomic E-state index is 12.4. The number of hydrogen-bond donors (Lipinski definition) is 0. The van der Waals surface area contributed by atoms with Gasteiger partial charge in [-0.3, -0.25) is 0 Å². The normalized spacial score (nSPS) is 12.1. The Morgan fingerprint density at radius 1 is 0.403 bits per heavy atom. The third-order valence-corrected chi connectivity index (χ3v) is 13.6. The summed E-state index contributed by atoms with van der Waals surface area (Å²) in [7, 11) is -8.86. The van der Waals surface area contributed by atoms with Gasteiger partial charge in [0.25, 0.3) is 0 Å². The third kappa shape index (κ3) is 31.3. The second kappa shape index (κ2) is 39.2. The van der Waals surface area contributed by atoms with Gasteiger partial charge in [-0.1, -0.05) is 167 Å². The van der Waals surface area contributed by atoms with Crippen molar-refractivity contribution in [3.63, 3.8) is 0 Å². The van der Waals surface area contributed by atoms with Gasteiger partial charge < -0.3 is 28.1 Å². The average Bonchev–Trinajstić information content (AvgIpc) is 3.29. The molecule has 0 bridgehead atoms. The van der Waals surface area contributed by atoms with Crippen LogP contribution in [0, 0.1) is 0 Å². The van der Waals surface area contributed by atoms with Crippen LogP contribution < -0.4 is 0 Å². The molecule has 0 aromatic heterocycles. The standard InChI is InChI=1S/2C25H40O7S.Ca/c2*1-3-4-5-6-7-8-9-10-11-12-15-19-31-24(26)22-16-13-14-17-23(22)25(27)32-20-18-21(2)33(28,29)30;/h2*13-14,16-17,21H,3-12,15,18-20H2,1-2H3,(H,28,29,30);/q;;+2/p-2. The SMILES string of the molecule is CCCCCCCCCCCCCOC(=O)c1ccccc1C(=O)OCCC(C)S(=O)(=O)[O-].CCCCCCCCCCCCCOC(=O)c1ccccc1C(=O)OCCC(C)S(=O)(=O)[O-].[Ca+2]. The van der Waals surface area contributed by atoms with Gasteiger partial charge >= 0.3 is 61.6 Å². The van der Waals surface area contributed by atoms with Crippen molar-refractivity contribution < 1.29 is 64.1 Å². The molecule has 0 aliphatic heterocycles. The molecule has 0 saturated carbocycles. The van der Waals surface area contributed by atoms with E-state index in [4.69, 9.17) is 18.9 Å². The summed E-state index contributed by atoms with van der Waals surface area (Å²) in [6, 6.07) is 12.3. The Morgan fingerprint density at radius 2 is 0.612 bits per heavy atom. The zero-order chi connectivity index (χ0) is 49.1. The van der Waals surface area contributed by atoms with E-state index >= 15 is 0 Å². The molecule has 14 nitrogen and oxygen atoms in total. The Hall–Kier alpha value is -2.60. The second-order valence-corrected chi connectivity index (χ2v) is 20.5. The van der Waals surface area contributed by atoms with Crippen LogP contribution in [-0.4, -0.2) is 124 Å². The summed E-state index contributed by atoms with van der Waals surface area (Å²) in [5.41, 5.74) is 0.322. The van der Waals surface area contributed by atoms with Gasteiger partial charge in [0.05, 0.1) is 68.9 Å². The summed E-state index contributed by atoms with van der Waals surface area (Å²) in [6.45, 7) is 7.08. The van der Waals surface area contributed by atoms with Crippen LogP contribution in [0.15, 0.2) is 48.5 Å². The smallest absolute Gasteiger partial charge is 0.748 e. The predicted molar refractivity (Wildman–Crippen MR) is 260 cm³/mol. The minimum Gasteiger partial charge on any atom is -0.748 e. The number of carbonyl (C=O) groups is 4. The molecule has 2 rings (SSSR count). The summed E-state index contributed by atoms with van der Waals surface area (Å²) in [4.78, 5) is 49.5. The van der Waals surface area contributed by atoms with Crippen LogP contribution >= 0.6 is 0 Å². The Labute approximate surface area is 432 Å². The fourth-order valence-electron chi connectivity index (χ4n) is 6.78. The monoisotopic (exact) mass is 1010 g/mol. The molecular formula is C50H78CaO14S2. The van der Waals surface area contributed by atoms with Gasteiger partial charge in [-0.15, -0.1) is 0 Å². The molecular weight excluding hydrogens is 929 g/mol.